The molecule has 0 aliphatic carbocycles. The summed E-state index contributed by atoms with van der Waals surface area (Å²) >= 11 is 6.57. The summed E-state index contributed by atoms with van der Waals surface area (Å²) in [6, 6.07) is 14.8. The van der Waals surface area contributed by atoms with E-state index in [2.05, 4.69) is 5.32 Å². The number of hydrogen-bond donors (Lipinski definition) is 2. The summed E-state index contributed by atoms with van der Waals surface area (Å²) in [7, 11) is 0. The lowest BCUT2D eigenvalue weighted by Gasteiger charge is -2.06. The van der Waals surface area contributed by atoms with Crippen molar-refractivity contribution < 1.29 is 4.79 Å². The van der Waals surface area contributed by atoms with Gasteiger partial charge in [0.15, 0.2) is 0 Å². The van der Waals surface area contributed by atoms with Gasteiger partial charge in [-0.25, -0.2) is 0 Å². The second-order valence-corrected chi connectivity index (χ2v) is 5.96. The lowest BCUT2D eigenvalue weighted by atomic mass is 10.1. The highest BCUT2D eigenvalue weighted by Gasteiger charge is 2.07. The van der Waals surface area contributed by atoms with E-state index in [0.29, 0.717) is 10.6 Å². The number of rotatable bonds is 3. The number of hydrogen-bond acceptors (Lipinski definition) is 3. The molecular formula is C16H12N2OS2. The van der Waals surface area contributed by atoms with Crippen molar-refractivity contribution in [2.75, 3.05) is 5.32 Å². The molecule has 0 aliphatic heterocycles. The van der Waals surface area contributed by atoms with Crippen LogP contribution in [-0.2, 0) is 0 Å². The van der Waals surface area contributed by atoms with Crippen LogP contribution in [0, 0.1) is 0 Å². The van der Waals surface area contributed by atoms with E-state index in [-0.39, 0.29) is 5.91 Å². The van der Waals surface area contributed by atoms with Crippen LogP contribution in [0.4, 0.5) is 5.69 Å². The first-order valence-electron chi connectivity index (χ1n) is 6.32. The van der Waals surface area contributed by atoms with Gasteiger partial charge in [-0.1, -0.05) is 24.4 Å². The predicted octanol–water partition coefficient (Wildman–Crippen LogP) is 3.79. The first-order valence-corrected chi connectivity index (χ1v) is 7.61. The van der Waals surface area contributed by atoms with Crippen molar-refractivity contribution in [1.82, 2.24) is 0 Å². The monoisotopic (exact) mass is 312 g/mol. The van der Waals surface area contributed by atoms with Crippen molar-refractivity contribution in [2.45, 2.75) is 0 Å². The highest BCUT2D eigenvalue weighted by molar-refractivity contribution is 7.80. The number of thiocarbonyl (C=S) groups is 1. The highest BCUT2D eigenvalue weighted by atomic mass is 32.1. The smallest absolute Gasteiger partial charge is 0.255 e. The molecule has 0 atom stereocenters. The largest absolute Gasteiger partial charge is 0.389 e. The molecule has 0 spiro atoms. The maximum atomic E-state index is 12.2. The quantitative estimate of drug-likeness (QED) is 0.724. The van der Waals surface area contributed by atoms with Gasteiger partial charge in [0.1, 0.15) is 4.99 Å². The molecule has 2 aromatic carbocycles. The summed E-state index contributed by atoms with van der Waals surface area (Å²) in [4.78, 5) is 12.5. The van der Waals surface area contributed by atoms with Gasteiger partial charge in [0.25, 0.3) is 5.91 Å². The second kappa shape index (κ2) is 5.63. The average Bonchev–Trinajstić information content (AvgIpc) is 2.95. The van der Waals surface area contributed by atoms with Crippen LogP contribution >= 0.6 is 23.6 Å². The summed E-state index contributed by atoms with van der Waals surface area (Å²) in [6.45, 7) is 0. The number of thiophene rings is 1. The van der Waals surface area contributed by atoms with Crippen molar-refractivity contribution in [3.8, 4) is 0 Å². The predicted molar refractivity (Wildman–Crippen MR) is 92.1 cm³/mol. The third-order valence-electron chi connectivity index (χ3n) is 3.14. The molecule has 0 saturated heterocycles. The van der Waals surface area contributed by atoms with Crippen molar-refractivity contribution in [1.29, 1.82) is 0 Å². The van der Waals surface area contributed by atoms with Gasteiger partial charge in [0.2, 0.25) is 0 Å². The van der Waals surface area contributed by atoms with E-state index in [9.17, 15) is 4.79 Å². The zero-order valence-corrected chi connectivity index (χ0v) is 12.6. The molecule has 21 heavy (non-hydrogen) atoms. The number of nitrogens with two attached hydrogens (primary N) is 1. The van der Waals surface area contributed by atoms with Gasteiger partial charge >= 0.3 is 0 Å². The third-order valence-corrected chi connectivity index (χ3v) is 4.28. The lowest BCUT2D eigenvalue weighted by Crippen LogP contribution is -2.13. The molecule has 3 rings (SSSR count). The van der Waals surface area contributed by atoms with E-state index in [1.54, 1.807) is 35.6 Å². The van der Waals surface area contributed by atoms with Gasteiger partial charge in [0.05, 0.1) is 0 Å². The maximum Gasteiger partial charge on any atom is 0.255 e. The Bertz CT molecular complexity index is 822. The Balaban J connectivity index is 1.80. The molecule has 0 radical (unpaired) electrons. The second-order valence-electron chi connectivity index (χ2n) is 4.57. The summed E-state index contributed by atoms with van der Waals surface area (Å²) in [5.41, 5.74) is 7.64. The number of fused-ring (bicyclic) bond motifs is 1. The fourth-order valence-electron chi connectivity index (χ4n) is 2.03. The minimum Gasteiger partial charge on any atom is -0.389 e. The van der Waals surface area contributed by atoms with Crippen molar-refractivity contribution in [2.24, 2.45) is 5.73 Å². The molecule has 1 aromatic heterocycles. The van der Waals surface area contributed by atoms with Crippen LogP contribution in [0.3, 0.4) is 0 Å². The minimum atomic E-state index is -0.154. The van der Waals surface area contributed by atoms with Gasteiger partial charge in [-0.15, -0.1) is 11.3 Å². The third kappa shape index (κ3) is 2.94. The van der Waals surface area contributed by atoms with E-state index in [0.717, 1.165) is 16.6 Å². The molecule has 3 N–H and O–H groups in total. The van der Waals surface area contributed by atoms with Crippen LogP contribution in [0.15, 0.2) is 53.9 Å². The van der Waals surface area contributed by atoms with Gasteiger partial charge in [-0.05, 0) is 47.2 Å². The van der Waals surface area contributed by atoms with Crippen LogP contribution in [0.1, 0.15) is 15.9 Å². The molecule has 104 valence electrons. The van der Waals surface area contributed by atoms with Gasteiger partial charge in [0, 0.05) is 21.5 Å². The number of carbonyl (C=O) groups excluding carboxylic acids is 1. The molecule has 0 aliphatic rings. The molecule has 1 amide bonds. The maximum absolute atomic E-state index is 12.2. The summed E-state index contributed by atoms with van der Waals surface area (Å²) in [5.74, 6) is -0.154. The van der Waals surface area contributed by atoms with E-state index in [1.807, 2.05) is 29.6 Å². The first kappa shape index (κ1) is 13.7. The van der Waals surface area contributed by atoms with Crippen molar-refractivity contribution >= 4 is 50.2 Å². The van der Waals surface area contributed by atoms with E-state index >= 15 is 0 Å². The molecule has 0 fully saturated rings. The first-order chi connectivity index (χ1) is 10.1. The van der Waals surface area contributed by atoms with Crippen molar-refractivity contribution in [3.63, 3.8) is 0 Å². The number of nitrogens with one attached hydrogen (secondary N) is 1. The highest BCUT2D eigenvalue weighted by Crippen LogP contribution is 2.24. The Hall–Kier alpha value is -2.24. The van der Waals surface area contributed by atoms with E-state index in [1.165, 1.54) is 4.70 Å². The summed E-state index contributed by atoms with van der Waals surface area (Å²) in [6.07, 6.45) is 0. The topological polar surface area (TPSA) is 55.1 Å². The number of anilines is 1. The normalized spacial score (nSPS) is 10.5. The molecule has 0 unspecified atom stereocenters. The van der Waals surface area contributed by atoms with E-state index < -0.39 is 0 Å². The summed E-state index contributed by atoms with van der Waals surface area (Å²) in [5, 5.41) is 6.05. The molecule has 3 aromatic rings. The minimum absolute atomic E-state index is 0.154. The molecular weight excluding hydrogens is 300 g/mol. The molecule has 3 nitrogen and oxygen atoms in total. The number of carbonyl (C=O) groups is 1. The fraction of sp³-hybridized carbons (Fsp3) is 0. The standard InChI is InChI=1S/C16H12N2OS2/c17-15(20)10-1-3-11(4-2-10)16(19)18-13-5-6-14-12(9-13)7-8-21-14/h1-9H,(H2,17,20)(H,18,19). The lowest BCUT2D eigenvalue weighted by molar-refractivity contribution is 0.102. The number of benzene rings is 2. The fourth-order valence-corrected chi connectivity index (χ4v) is 2.94. The van der Waals surface area contributed by atoms with Crippen LogP contribution in [-0.4, -0.2) is 10.9 Å². The zero-order valence-electron chi connectivity index (χ0n) is 11.0. The number of amides is 1. The molecule has 0 bridgehead atoms. The average molecular weight is 312 g/mol. The van der Waals surface area contributed by atoms with Crippen molar-refractivity contribution in [3.05, 3.63) is 65.0 Å². The molecule has 0 saturated carbocycles. The Labute approximate surface area is 131 Å². The summed E-state index contributed by atoms with van der Waals surface area (Å²) < 4.78 is 1.20. The van der Waals surface area contributed by atoms with Crippen LogP contribution < -0.4 is 11.1 Å². The molecule has 5 heteroatoms. The van der Waals surface area contributed by atoms with Gasteiger partial charge < -0.3 is 11.1 Å². The molecule has 1 heterocycles. The van der Waals surface area contributed by atoms with Gasteiger partial charge in [-0.3, -0.25) is 4.79 Å². The van der Waals surface area contributed by atoms with Crippen LogP contribution in [0.2, 0.25) is 0 Å². The van der Waals surface area contributed by atoms with Crippen LogP contribution in [0.5, 0.6) is 0 Å². The van der Waals surface area contributed by atoms with Gasteiger partial charge in [-0.2, -0.15) is 0 Å². The SMILES string of the molecule is NC(=S)c1ccc(C(=O)Nc2ccc3sccc3c2)cc1. The van der Waals surface area contributed by atoms with E-state index in [4.69, 9.17) is 18.0 Å². The Morgan fingerprint density at radius 3 is 2.48 bits per heavy atom. The Kier molecular flexibility index (Phi) is 3.68. The zero-order chi connectivity index (χ0) is 14.8. The Morgan fingerprint density at radius 2 is 1.76 bits per heavy atom. The Morgan fingerprint density at radius 1 is 1.05 bits per heavy atom. The van der Waals surface area contributed by atoms with Crippen LogP contribution in [0.25, 0.3) is 10.1 Å².